The summed E-state index contributed by atoms with van der Waals surface area (Å²) in [6, 6.07) is 5.55. The molecule has 23 heavy (non-hydrogen) atoms. The normalized spacial score (nSPS) is 14.1. The van der Waals surface area contributed by atoms with Crippen molar-refractivity contribution in [1.82, 2.24) is 0 Å². The van der Waals surface area contributed by atoms with Crippen LogP contribution in [0.15, 0.2) is 18.2 Å². The zero-order chi connectivity index (χ0) is 15.9. The lowest BCUT2D eigenvalue weighted by Gasteiger charge is -2.26. The Morgan fingerprint density at radius 2 is 1.83 bits per heavy atom. The highest BCUT2D eigenvalue weighted by Gasteiger charge is 2.27. The van der Waals surface area contributed by atoms with Gasteiger partial charge in [-0.1, -0.05) is 6.92 Å². The van der Waals surface area contributed by atoms with Crippen LogP contribution in [0, 0.1) is 0 Å². The third kappa shape index (κ3) is 5.01. The number of halogens is 1. The van der Waals surface area contributed by atoms with E-state index in [1.165, 1.54) is 4.90 Å². The van der Waals surface area contributed by atoms with Crippen molar-refractivity contribution in [3.8, 4) is 11.5 Å². The number of carbonyl (C=O) groups excluding carboxylic acids is 1. The summed E-state index contributed by atoms with van der Waals surface area (Å²) < 4.78 is 11.1. The molecule has 2 N–H and O–H groups in total. The molecule has 1 aromatic carbocycles. The summed E-state index contributed by atoms with van der Waals surface area (Å²) in [6.45, 7) is 9.39. The fraction of sp³-hybridized carbons (Fsp3) is 0.588. The van der Waals surface area contributed by atoms with Gasteiger partial charge in [-0.05, 0) is 32.4 Å². The minimum absolute atomic E-state index is 0. The predicted molar refractivity (Wildman–Crippen MR) is 86.8 cm³/mol. The molecule has 6 heteroatoms. The number of fused-ring (bicyclic) bond motifs is 1. The van der Waals surface area contributed by atoms with Crippen LogP contribution in [-0.2, 0) is 4.79 Å². The molecular weight excluding hydrogens is 316 g/mol. The molecule has 1 aliphatic rings. The third-order valence-electron chi connectivity index (χ3n) is 4.10. The largest absolute Gasteiger partial charge is 1.00 e. The van der Waals surface area contributed by atoms with E-state index in [4.69, 9.17) is 9.47 Å². The summed E-state index contributed by atoms with van der Waals surface area (Å²) in [7, 11) is 0. The van der Waals surface area contributed by atoms with Crippen LogP contribution in [0.1, 0.15) is 33.6 Å². The first-order chi connectivity index (χ1) is 10.7. The molecule has 1 heterocycles. The van der Waals surface area contributed by atoms with Crippen molar-refractivity contribution >= 4 is 11.6 Å². The Morgan fingerprint density at radius 1 is 1.17 bits per heavy atom. The molecule has 0 bridgehead atoms. The second-order valence-corrected chi connectivity index (χ2v) is 5.55. The highest BCUT2D eigenvalue weighted by molar-refractivity contribution is 5.94. The van der Waals surface area contributed by atoms with Gasteiger partial charge in [-0.2, -0.15) is 0 Å². The molecule has 0 saturated heterocycles. The number of amides is 1. The van der Waals surface area contributed by atoms with E-state index < -0.39 is 0 Å². The number of carbonyl (C=O) groups is 1. The van der Waals surface area contributed by atoms with Gasteiger partial charge in [-0.15, -0.1) is 0 Å². The van der Waals surface area contributed by atoms with Crippen LogP contribution < -0.4 is 32.1 Å². The number of hydrogen-bond donors (Lipinski definition) is 2. The fourth-order valence-corrected chi connectivity index (χ4v) is 2.90. The maximum absolute atomic E-state index is 12.6. The standard InChI is InChI=1S/C17H26N2O3.ClH/c1-4-7-14(19(5-2)6-3)17(20)18-13-8-9-15-16(12-13)22-11-10-21-15;/h8-9,12,14H,4-7,10-11H2,1-3H3,(H,18,20);1H. The average molecular weight is 343 g/mol. The molecule has 0 aliphatic carbocycles. The minimum atomic E-state index is -0.00630. The van der Waals surface area contributed by atoms with Crippen molar-refractivity contribution < 1.29 is 31.6 Å². The van der Waals surface area contributed by atoms with Crippen molar-refractivity contribution in [2.45, 2.75) is 39.7 Å². The second-order valence-electron chi connectivity index (χ2n) is 5.55. The van der Waals surface area contributed by atoms with Crippen LogP contribution >= 0.6 is 0 Å². The Balaban J connectivity index is 0.00000264. The highest BCUT2D eigenvalue weighted by atomic mass is 35.5. The van der Waals surface area contributed by atoms with Crippen LogP contribution in [0.5, 0.6) is 11.5 Å². The van der Waals surface area contributed by atoms with Gasteiger partial charge in [0.1, 0.15) is 13.2 Å². The number of hydrogen-bond acceptors (Lipinski definition) is 3. The number of rotatable bonds is 7. The van der Waals surface area contributed by atoms with Crippen LogP contribution in [-0.4, -0.2) is 38.3 Å². The van der Waals surface area contributed by atoms with E-state index >= 15 is 0 Å². The van der Waals surface area contributed by atoms with E-state index in [1.54, 1.807) is 0 Å². The Bertz CT molecular complexity index is 507. The molecule has 1 aliphatic heterocycles. The van der Waals surface area contributed by atoms with Gasteiger partial charge in [-0.3, -0.25) is 4.79 Å². The molecule has 1 amide bonds. The molecular formula is C17H27ClN2O3. The average Bonchev–Trinajstić information content (AvgIpc) is 2.55. The Labute approximate surface area is 144 Å². The Kier molecular flexibility index (Phi) is 8.20. The van der Waals surface area contributed by atoms with Gasteiger partial charge in [0.15, 0.2) is 17.5 Å². The smallest absolute Gasteiger partial charge is 0.282 e. The van der Waals surface area contributed by atoms with Gasteiger partial charge < -0.3 is 32.1 Å². The van der Waals surface area contributed by atoms with E-state index in [0.717, 1.165) is 37.4 Å². The summed E-state index contributed by atoms with van der Waals surface area (Å²) in [5.41, 5.74) is 0.766. The van der Waals surface area contributed by atoms with Crippen molar-refractivity contribution in [1.29, 1.82) is 0 Å². The molecule has 0 saturated carbocycles. The SMILES string of the molecule is CCCC(C(=O)Nc1ccc2c(c1)OCCO2)[NH+](CC)CC.[Cl-]. The molecule has 1 atom stereocenters. The van der Waals surface area contributed by atoms with Crippen molar-refractivity contribution in [2.75, 3.05) is 31.6 Å². The molecule has 0 aromatic heterocycles. The van der Waals surface area contributed by atoms with Crippen molar-refractivity contribution in [3.05, 3.63) is 18.2 Å². The number of likely N-dealkylation sites (N-methyl/N-ethyl adjacent to an activating group) is 1. The summed E-state index contributed by atoms with van der Waals surface area (Å²) in [5, 5.41) is 3.03. The maximum atomic E-state index is 12.6. The van der Waals surface area contributed by atoms with Crippen LogP contribution in [0.4, 0.5) is 5.69 Å². The van der Waals surface area contributed by atoms with Crippen molar-refractivity contribution in [2.24, 2.45) is 0 Å². The molecule has 2 rings (SSSR count). The first-order valence-corrected chi connectivity index (χ1v) is 8.24. The fourth-order valence-electron chi connectivity index (χ4n) is 2.90. The van der Waals surface area contributed by atoms with E-state index in [-0.39, 0.29) is 24.4 Å². The van der Waals surface area contributed by atoms with E-state index in [1.807, 2.05) is 18.2 Å². The molecule has 5 nitrogen and oxygen atoms in total. The monoisotopic (exact) mass is 342 g/mol. The molecule has 0 radical (unpaired) electrons. The number of ether oxygens (including phenoxy) is 2. The molecule has 1 unspecified atom stereocenters. The Hall–Kier alpha value is -1.46. The zero-order valence-corrected chi connectivity index (χ0v) is 14.9. The van der Waals surface area contributed by atoms with E-state index in [2.05, 4.69) is 26.1 Å². The minimum Gasteiger partial charge on any atom is -1.00 e. The van der Waals surface area contributed by atoms with Gasteiger partial charge in [0, 0.05) is 18.2 Å². The number of benzene rings is 1. The van der Waals surface area contributed by atoms with E-state index in [0.29, 0.717) is 19.0 Å². The quantitative estimate of drug-likeness (QED) is 0.634. The molecule has 0 spiro atoms. The first-order valence-electron chi connectivity index (χ1n) is 8.24. The van der Waals surface area contributed by atoms with Crippen LogP contribution in [0.25, 0.3) is 0 Å². The Morgan fingerprint density at radius 3 is 2.43 bits per heavy atom. The number of quaternary nitrogens is 1. The summed E-state index contributed by atoms with van der Waals surface area (Å²) >= 11 is 0. The predicted octanol–water partition coefficient (Wildman–Crippen LogP) is -1.51. The van der Waals surface area contributed by atoms with Gasteiger partial charge in [0.2, 0.25) is 0 Å². The molecule has 0 fully saturated rings. The number of anilines is 1. The number of nitrogens with one attached hydrogen (secondary N) is 2. The maximum Gasteiger partial charge on any atom is 0.282 e. The van der Waals surface area contributed by atoms with Gasteiger partial charge in [0.25, 0.3) is 5.91 Å². The van der Waals surface area contributed by atoms with Crippen molar-refractivity contribution in [3.63, 3.8) is 0 Å². The van der Waals surface area contributed by atoms with Gasteiger partial charge in [0.05, 0.1) is 13.1 Å². The molecule has 130 valence electrons. The van der Waals surface area contributed by atoms with Gasteiger partial charge >= 0.3 is 0 Å². The first kappa shape index (κ1) is 19.6. The van der Waals surface area contributed by atoms with E-state index in [9.17, 15) is 4.79 Å². The topological polar surface area (TPSA) is 52.0 Å². The summed E-state index contributed by atoms with van der Waals surface area (Å²) in [4.78, 5) is 13.9. The van der Waals surface area contributed by atoms with Gasteiger partial charge in [-0.25, -0.2) is 0 Å². The lowest BCUT2D eigenvalue weighted by atomic mass is 10.1. The zero-order valence-electron chi connectivity index (χ0n) is 14.2. The van der Waals surface area contributed by atoms with Crippen LogP contribution in [0.2, 0.25) is 0 Å². The lowest BCUT2D eigenvalue weighted by molar-refractivity contribution is -0.912. The summed E-state index contributed by atoms with van der Waals surface area (Å²) in [6.07, 6.45) is 1.90. The summed E-state index contributed by atoms with van der Waals surface area (Å²) in [5.74, 6) is 1.52. The second kappa shape index (κ2) is 9.63. The lowest BCUT2D eigenvalue weighted by Crippen LogP contribution is -3.16. The third-order valence-corrected chi connectivity index (χ3v) is 4.10. The highest BCUT2D eigenvalue weighted by Crippen LogP contribution is 2.32. The van der Waals surface area contributed by atoms with Crippen LogP contribution in [0.3, 0.4) is 0 Å². The molecule has 1 aromatic rings.